The molecule has 7 rings (SSSR count). The van der Waals surface area contributed by atoms with Crippen LogP contribution < -0.4 is 4.74 Å². The molecule has 1 aliphatic heterocycles. The van der Waals surface area contributed by atoms with Crippen LogP contribution in [0.2, 0.25) is 0 Å². The lowest BCUT2D eigenvalue weighted by atomic mass is 9.94. The summed E-state index contributed by atoms with van der Waals surface area (Å²) >= 11 is 1.27. The molecule has 3 aromatic carbocycles. The van der Waals surface area contributed by atoms with Gasteiger partial charge in [-0.2, -0.15) is 0 Å². The Balaban J connectivity index is 1.22. The number of benzene rings is 3. The molecule has 0 bridgehead atoms. The van der Waals surface area contributed by atoms with Gasteiger partial charge in [-0.25, -0.2) is 4.79 Å². The number of carbonyl (C=O) groups excluding carboxylic acids is 1. The zero-order valence-electron chi connectivity index (χ0n) is 25.9. The molecule has 46 heavy (non-hydrogen) atoms. The van der Waals surface area contributed by atoms with E-state index in [1.54, 1.807) is 6.07 Å². The Morgan fingerprint density at radius 3 is 2.15 bits per heavy atom. The Kier molecular flexibility index (Phi) is 8.90. The third-order valence-electron chi connectivity index (χ3n) is 9.44. The summed E-state index contributed by atoms with van der Waals surface area (Å²) in [6.07, 6.45) is 6.48. The van der Waals surface area contributed by atoms with E-state index in [1.165, 1.54) is 43.4 Å². The molecule has 7 nitrogen and oxygen atoms in total. The van der Waals surface area contributed by atoms with Crippen molar-refractivity contribution >= 4 is 33.4 Å². The van der Waals surface area contributed by atoms with E-state index in [1.807, 2.05) is 94.4 Å². The van der Waals surface area contributed by atoms with Gasteiger partial charge in [-0.1, -0.05) is 79.9 Å². The minimum Gasteiger partial charge on any atom is -0.489 e. The fraction of sp³-hybridized carbons (Fsp3) is 0.316. The molecule has 1 aliphatic carbocycles. The molecular weight excluding hydrogens is 595 g/mol. The molecule has 3 heterocycles. The number of rotatable bonds is 9. The molecule has 2 aliphatic rings. The zero-order chi connectivity index (χ0) is 31.5. The van der Waals surface area contributed by atoms with Gasteiger partial charge in [-0.05, 0) is 59.9 Å². The number of carboxylic acid groups (broad SMARTS) is 1. The number of fused-ring (bicyclic) bond motifs is 1. The van der Waals surface area contributed by atoms with Crippen molar-refractivity contribution in [2.45, 2.75) is 51.3 Å². The van der Waals surface area contributed by atoms with Crippen LogP contribution in [0.1, 0.15) is 47.3 Å². The first kappa shape index (κ1) is 30.3. The van der Waals surface area contributed by atoms with Crippen LogP contribution in [0.25, 0.3) is 32.6 Å². The first-order valence-electron chi connectivity index (χ1n) is 16.3. The van der Waals surface area contributed by atoms with Crippen molar-refractivity contribution in [3.63, 3.8) is 0 Å². The number of amides is 1. The Labute approximate surface area is 273 Å². The second kappa shape index (κ2) is 13.5. The van der Waals surface area contributed by atoms with Crippen LogP contribution in [-0.2, 0) is 17.9 Å². The molecule has 1 saturated heterocycles. The summed E-state index contributed by atoms with van der Waals surface area (Å²) in [6.45, 7) is 3.87. The number of aromatic nitrogens is 1. The maximum absolute atomic E-state index is 14.0. The molecule has 0 spiro atoms. The second-order valence-corrected chi connectivity index (χ2v) is 13.4. The zero-order valence-corrected chi connectivity index (χ0v) is 26.8. The molecule has 236 valence electrons. The van der Waals surface area contributed by atoms with E-state index in [4.69, 9.17) is 4.74 Å². The van der Waals surface area contributed by atoms with Crippen molar-refractivity contribution < 1.29 is 19.4 Å². The average molecular weight is 634 g/mol. The molecule has 2 fully saturated rings. The summed E-state index contributed by atoms with van der Waals surface area (Å²) in [5.41, 5.74) is 5.66. The summed E-state index contributed by atoms with van der Waals surface area (Å²) in [5, 5.41) is 9.93. The largest absolute Gasteiger partial charge is 0.489 e. The van der Waals surface area contributed by atoms with E-state index in [2.05, 4.69) is 4.90 Å². The van der Waals surface area contributed by atoms with Crippen molar-refractivity contribution in [3.8, 4) is 28.1 Å². The van der Waals surface area contributed by atoms with Crippen molar-refractivity contribution in [1.82, 2.24) is 14.4 Å². The minimum atomic E-state index is -0.960. The van der Waals surface area contributed by atoms with Crippen LogP contribution in [0.3, 0.4) is 0 Å². The van der Waals surface area contributed by atoms with Crippen LogP contribution in [0, 0.1) is 0 Å². The van der Waals surface area contributed by atoms with Gasteiger partial charge in [0.15, 0.2) is 0 Å². The van der Waals surface area contributed by atoms with E-state index < -0.39 is 5.97 Å². The SMILES string of the molecule is O=C(O)c1cc2c(s1)c(-c1ccccc1)c(-c1ccc(OCc3ccccc3)cc1)n2CC(=O)N1CCN(C2CCCCC2)CC1. The summed E-state index contributed by atoms with van der Waals surface area (Å²) in [5.74, 6) is -0.140. The van der Waals surface area contributed by atoms with Gasteiger partial charge in [0.25, 0.3) is 0 Å². The first-order chi connectivity index (χ1) is 22.5. The molecule has 0 unspecified atom stereocenters. The van der Waals surface area contributed by atoms with Gasteiger partial charge >= 0.3 is 5.97 Å². The maximum atomic E-state index is 14.0. The number of carbonyl (C=O) groups is 2. The second-order valence-electron chi connectivity index (χ2n) is 12.3. The number of aromatic carboxylic acids is 1. The monoisotopic (exact) mass is 633 g/mol. The normalized spacial score (nSPS) is 16.1. The van der Waals surface area contributed by atoms with Crippen molar-refractivity contribution in [1.29, 1.82) is 0 Å². The molecule has 1 N–H and O–H groups in total. The topological polar surface area (TPSA) is 75.0 Å². The number of nitrogens with zero attached hydrogens (tertiary/aromatic N) is 3. The fourth-order valence-electron chi connectivity index (χ4n) is 7.03. The van der Waals surface area contributed by atoms with Gasteiger partial charge < -0.3 is 19.3 Å². The summed E-state index contributed by atoms with van der Waals surface area (Å²) in [4.78, 5) is 30.9. The molecule has 2 aromatic heterocycles. The molecular formula is C38H39N3O4S. The van der Waals surface area contributed by atoms with Gasteiger partial charge in [-0.15, -0.1) is 11.3 Å². The molecule has 1 saturated carbocycles. The summed E-state index contributed by atoms with van der Waals surface area (Å²) < 4.78 is 8.99. The van der Waals surface area contributed by atoms with Gasteiger partial charge in [0.1, 0.15) is 23.8 Å². The summed E-state index contributed by atoms with van der Waals surface area (Å²) in [7, 11) is 0. The Morgan fingerprint density at radius 1 is 0.804 bits per heavy atom. The van der Waals surface area contributed by atoms with Crippen molar-refractivity contribution in [3.05, 3.63) is 101 Å². The van der Waals surface area contributed by atoms with E-state index in [0.717, 1.165) is 70.1 Å². The number of hydrogen-bond donors (Lipinski definition) is 1. The molecule has 5 aromatic rings. The average Bonchev–Trinajstić information content (AvgIpc) is 3.67. The van der Waals surface area contributed by atoms with E-state index >= 15 is 0 Å². The number of thiophene rings is 1. The van der Waals surface area contributed by atoms with E-state index in [0.29, 0.717) is 12.6 Å². The molecule has 0 atom stereocenters. The highest BCUT2D eigenvalue weighted by atomic mass is 32.1. The smallest absolute Gasteiger partial charge is 0.345 e. The quantitative estimate of drug-likeness (QED) is 0.179. The lowest BCUT2D eigenvalue weighted by Gasteiger charge is -2.40. The molecule has 8 heteroatoms. The van der Waals surface area contributed by atoms with Crippen LogP contribution in [0.5, 0.6) is 5.75 Å². The number of carboxylic acids is 1. The highest BCUT2D eigenvalue weighted by molar-refractivity contribution is 7.21. The lowest BCUT2D eigenvalue weighted by Crippen LogP contribution is -2.52. The third-order valence-corrected chi connectivity index (χ3v) is 10.6. The predicted octanol–water partition coefficient (Wildman–Crippen LogP) is 7.79. The van der Waals surface area contributed by atoms with Crippen LogP contribution in [0.4, 0.5) is 0 Å². The highest BCUT2D eigenvalue weighted by Crippen LogP contribution is 2.45. The van der Waals surface area contributed by atoms with E-state index in [-0.39, 0.29) is 17.3 Å². The minimum absolute atomic E-state index is 0.0620. The van der Waals surface area contributed by atoms with E-state index in [9.17, 15) is 14.7 Å². The van der Waals surface area contributed by atoms with Gasteiger partial charge in [-0.3, -0.25) is 9.69 Å². The number of ether oxygens (including phenoxy) is 1. The van der Waals surface area contributed by atoms with Crippen LogP contribution in [-0.4, -0.2) is 63.6 Å². The Bertz CT molecular complexity index is 1800. The van der Waals surface area contributed by atoms with Gasteiger partial charge in [0.05, 0.1) is 15.9 Å². The number of piperazine rings is 1. The van der Waals surface area contributed by atoms with Crippen LogP contribution >= 0.6 is 11.3 Å². The van der Waals surface area contributed by atoms with Crippen molar-refractivity contribution in [2.75, 3.05) is 26.2 Å². The lowest BCUT2D eigenvalue weighted by molar-refractivity contribution is -0.133. The van der Waals surface area contributed by atoms with Crippen molar-refractivity contribution in [2.24, 2.45) is 0 Å². The predicted molar refractivity (Wildman–Crippen MR) is 183 cm³/mol. The molecule has 1 amide bonds. The molecule has 0 radical (unpaired) electrons. The third kappa shape index (κ3) is 6.32. The highest BCUT2D eigenvalue weighted by Gasteiger charge is 2.30. The van der Waals surface area contributed by atoms with Gasteiger partial charge in [0, 0.05) is 37.8 Å². The Hall–Kier alpha value is -4.40. The number of hydrogen-bond acceptors (Lipinski definition) is 5. The maximum Gasteiger partial charge on any atom is 0.345 e. The Morgan fingerprint density at radius 2 is 1.48 bits per heavy atom. The fourth-order valence-corrected chi connectivity index (χ4v) is 8.10. The van der Waals surface area contributed by atoms with Gasteiger partial charge in [0.2, 0.25) is 5.91 Å². The first-order valence-corrected chi connectivity index (χ1v) is 17.1. The summed E-state index contributed by atoms with van der Waals surface area (Å²) in [6, 6.07) is 30.5. The van der Waals surface area contributed by atoms with Crippen LogP contribution in [0.15, 0.2) is 91.0 Å². The standard InChI is InChI=1S/C38H39N3O4S/c42-34(40-22-20-39(21-23-40)30-14-8-3-9-15-30)25-41-32-24-33(38(43)44)46-37(32)35(28-12-6-2-7-13-28)36(41)29-16-18-31(19-17-29)45-26-27-10-4-1-5-11-27/h1-2,4-7,10-13,16-19,24,30H,3,8-9,14-15,20-23,25-26H2,(H,43,44).